The molecular formula is C25H23N5O2S. The van der Waals surface area contributed by atoms with Gasteiger partial charge < -0.3 is 14.9 Å². The number of aromatic nitrogens is 2. The molecule has 8 heteroatoms. The van der Waals surface area contributed by atoms with Crippen LogP contribution in [0.15, 0.2) is 60.9 Å². The molecular weight excluding hydrogens is 434 g/mol. The van der Waals surface area contributed by atoms with Gasteiger partial charge in [0.25, 0.3) is 11.8 Å². The van der Waals surface area contributed by atoms with E-state index < -0.39 is 5.91 Å². The van der Waals surface area contributed by atoms with Crippen LogP contribution in [0.3, 0.4) is 0 Å². The Morgan fingerprint density at radius 3 is 2.45 bits per heavy atom. The van der Waals surface area contributed by atoms with Crippen molar-refractivity contribution >= 4 is 61.8 Å². The molecule has 4 N–H and O–H groups in total. The van der Waals surface area contributed by atoms with Gasteiger partial charge in [0.2, 0.25) is 0 Å². The lowest BCUT2D eigenvalue weighted by Crippen LogP contribution is -2.23. The molecule has 166 valence electrons. The number of hydrogen-bond acceptors (Lipinski definition) is 4. The minimum Gasteiger partial charge on any atom is -0.379 e. The Bertz CT molecular complexity index is 1480. The molecule has 0 atom stereocenters. The van der Waals surface area contributed by atoms with E-state index in [1.165, 1.54) is 11.8 Å². The average molecular weight is 458 g/mol. The molecule has 0 saturated heterocycles. The molecule has 0 fully saturated rings. The van der Waals surface area contributed by atoms with Gasteiger partial charge in [-0.25, -0.2) is 0 Å². The summed E-state index contributed by atoms with van der Waals surface area (Å²) in [7, 11) is 1.93. The van der Waals surface area contributed by atoms with E-state index in [9.17, 15) is 9.59 Å². The molecule has 2 aromatic carbocycles. The Morgan fingerprint density at radius 1 is 1.00 bits per heavy atom. The molecule has 0 bridgehead atoms. The summed E-state index contributed by atoms with van der Waals surface area (Å²) in [4.78, 5) is 26.0. The van der Waals surface area contributed by atoms with Crippen molar-refractivity contribution < 1.29 is 9.59 Å². The Morgan fingerprint density at radius 2 is 1.70 bits per heavy atom. The van der Waals surface area contributed by atoms with Crippen LogP contribution < -0.4 is 11.1 Å². The number of aryl methyl sites for hydroxylation is 2. The molecule has 0 aliphatic carbocycles. The van der Waals surface area contributed by atoms with E-state index in [1.807, 2.05) is 77.1 Å². The first-order chi connectivity index (χ1) is 16.0. The smallest absolute Gasteiger partial charge is 0.275 e. The van der Waals surface area contributed by atoms with Crippen molar-refractivity contribution in [3.63, 3.8) is 0 Å². The molecule has 0 unspecified atom stereocenters. The summed E-state index contributed by atoms with van der Waals surface area (Å²) < 4.78 is 3.82. The van der Waals surface area contributed by atoms with E-state index in [-0.39, 0.29) is 11.1 Å². The summed E-state index contributed by atoms with van der Waals surface area (Å²) >= 11 is 1.32. The fourth-order valence-corrected chi connectivity index (χ4v) is 5.05. The third-order valence-corrected chi connectivity index (χ3v) is 6.76. The van der Waals surface area contributed by atoms with Crippen LogP contribution >= 0.6 is 11.8 Å². The molecule has 0 spiro atoms. The van der Waals surface area contributed by atoms with Crippen LogP contribution in [0.5, 0.6) is 0 Å². The van der Waals surface area contributed by atoms with Crippen LogP contribution in [0, 0.1) is 5.41 Å². The standard InChI is InChI=1S/C25H23N5O2S/c1-29-14-18(17-9-3-4-10-19(17)29)21-22(24(32)28-23(21)31)30-13-15(7-6-12-33-25(26)27)16-8-2-5-11-20(16)30/h2-5,8-11,13-14H,6-7,12H2,1H3,(H3,26,27)(H,28,31,32). The largest absolute Gasteiger partial charge is 0.379 e. The average Bonchev–Trinajstić information content (AvgIpc) is 3.42. The van der Waals surface area contributed by atoms with E-state index >= 15 is 0 Å². The third-order valence-electron chi connectivity index (χ3n) is 5.96. The number of nitrogens with one attached hydrogen (secondary N) is 2. The number of para-hydroxylation sites is 2. The normalized spacial score (nSPS) is 14.0. The van der Waals surface area contributed by atoms with E-state index in [4.69, 9.17) is 11.1 Å². The third kappa shape index (κ3) is 3.62. The minimum atomic E-state index is -0.401. The van der Waals surface area contributed by atoms with E-state index in [0.717, 1.165) is 51.5 Å². The van der Waals surface area contributed by atoms with Crippen molar-refractivity contribution in [1.82, 2.24) is 14.5 Å². The van der Waals surface area contributed by atoms with Crippen LogP contribution in [0.4, 0.5) is 0 Å². The second-order valence-corrected chi connectivity index (χ2v) is 9.17. The molecule has 5 rings (SSSR count). The summed E-state index contributed by atoms with van der Waals surface area (Å²) in [6, 6.07) is 15.8. The quantitative estimate of drug-likeness (QED) is 0.178. The van der Waals surface area contributed by atoms with Crippen LogP contribution in [-0.4, -0.2) is 31.9 Å². The highest BCUT2D eigenvalue weighted by Gasteiger charge is 2.35. The van der Waals surface area contributed by atoms with Gasteiger partial charge in [0.05, 0.1) is 11.1 Å². The number of imide groups is 1. The van der Waals surface area contributed by atoms with Crippen LogP contribution in [0.25, 0.3) is 33.1 Å². The monoisotopic (exact) mass is 457 g/mol. The van der Waals surface area contributed by atoms with Crippen molar-refractivity contribution in [2.75, 3.05) is 5.75 Å². The lowest BCUT2D eigenvalue weighted by molar-refractivity contribution is -0.122. The first-order valence-corrected chi connectivity index (χ1v) is 11.6. The van der Waals surface area contributed by atoms with Gasteiger partial charge in [0.15, 0.2) is 5.17 Å². The number of carbonyl (C=O) groups is 2. The topological polar surface area (TPSA) is 106 Å². The SMILES string of the molecule is Cn1cc(C2=C(n3cc(CCCSC(=N)N)c4ccccc43)C(=O)NC2=O)c2ccccc21. The predicted octanol–water partition coefficient (Wildman–Crippen LogP) is 3.72. The Labute approximate surface area is 194 Å². The molecule has 0 radical (unpaired) electrons. The second kappa shape index (κ2) is 8.29. The number of nitrogens with two attached hydrogens (primary N) is 1. The number of amides is 2. The summed E-state index contributed by atoms with van der Waals surface area (Å²) in [5.74, 6) is -0.0384. The van der Waals surface area contributed by atoms with Gasteiger partial charge in [-0.05, 0) is 30.5 Å². The number of fused-ring (bicyclic) bond motifs is 2. The summed E-state index contributed by atoms with van der Waals surface area (Å²) in [6.45, 7) is 0. The van der Waals surface area contributed by atoms with Gasteiger partial charge in [-0.2, -0.15) is 0 Å². The zero-order chi connectivity index (χ0) is 23.1. The summed E-state index contributed by atoms with van der Waals surface area (Å²) in [6.07, 6.45) is 5.49. The van der Waals surface area contributed by atoms with Gasteiger partial charge >= 0.3 is 0 Å². The summed E-state index contributed by atoms with van der Waals surface area (Å²) in [5, 5.41) is 12.0. The predicted molar refractivity (Wildman–Crippen MR) is 134 cm³/mol. The van der Waals surface area contributed by atoms with Crippen molar-refractivity contribution in [1.29, 1.82) is 5.41 Å². The fraction of sp³-hybridized carbons (Fsp3) is 0.160. The molecule has 2 aromatic heterocycles. The van der Waals surface area contributed by atoms with Gasteiger partial charge in [0, 0.05) is 47.0 Å². The Kier molecular flexibility index (Phi) is 5.30. The maximum absolute atomic E-state index is 13.0. The maximum Gasteiger partial charge on any atom is 0.275 e. The Hall–Kier alpha value is -3.78. The first-order valence-electron chi connectivity index (χ1n) is 10.7. The molecule has 3 heterocycles. The zero-order valence-corrected chi connectivity index (χ0v) is 18.9. The van der Waals surface area contributed by atoms with Crippen LogP contribution in [0.1, 0.15) is 17.5 Å². The van der Waals surface area contributed by atoms with E-state index in [2.05, 4.69) is 5.32 Å². The highest BCUT2D eigenvalue weighted by molar-refractivity contribution is 8.13. The van der Waals surface area contributed by atoms with Crippen LogP contribution in [0.2, 0.25) is 0 Å². The number of hydrogen-bond donors (Lipinski definition) is 3. The summed E-state index contributed by atoms with van der Waals surface area (Å²) in [5.41, 5.74) is 9.88. The van der Waals surface area contributed by atoms with Gasteiger partial charge in [0.1, 0.15) is 5.70 Å². The highest BCUT2D eigenvalue weighted by atomic mass is 32.2. The van der Waals surface area contributed by atoms with E-state index in [1.54, 1.807) is 0 Å². The highest BCUT2D eigenvalue weighted by Crippen LogP contribution is 2.36. The van der Waals surface area contributed by atoms with Crippen molar-refractivity contribution in [3.8, 4) is 0 Å². The van der Waals surface area contributed by atoms with Gasteiger partial charge in [-0.1, -0.05) is 48.2 Å². The van der Waals surface area contributed by atoms with Gasteiger partial charge in [-0.15, -0.1) is 0 Å². The van der Waals surface area contributed by atoms with Crippen molar-refractivity contribution in [2.24, 2.45) is 12.8 Å². The Balaban J connectivity index is 1.67. The lowest BCUT2D eigenvalue weighted by Gasteiger charge is -2.07. The number of carbonyl (C=O) groups excluding carboxylic acids is 2. The fourth-order valence-electron chi connectivity index (χ4n) is 4.55. The molecule has 33 heavy (non-hydrogen) atoms. The van der Waals surface area contributed by atoms with Gasteiger partial charge in [-0.3, -0.25) is 20.3 Å². The van der Waals surface area contributed by atoms with Crippen molar-refractivity contribution in [3.05, 3.63) is 72.1 Å². The molecule has 4 aromatic rings. The number of benzene rings is 2. The number of rotatable bonds is 6. The maximum atomic E-state index is 13.0. The molecule has 1 aliphatic rings. The van der Waals surface area contributed by atoms with Crippen LogP contribution in [-0.2, 0) is 23.1 Å². The molecule has 0 saturated carbocycles. The molecule has 1 aliphatic heterocycles. The van der Waals surface area contributed by atoms with E-state index in [0.29, 0.717) is 11.3 Å². The minimum absolute atomic E-state index is 0.114. The zero-order valence-electron chi connectivity index (χ0n) is 18.1. The second-order valence-electron chi connectivity index (χ2n) is 8.04. The number of nitrogens with zero attached hydrogens (tertiary/aromatic N) is 2. The lowest BCUT2D eigenvalue weighted by atomic mass is 10.0. The number of amidine groups is 1. The molecule has 7 nitrogen and oxygen atoms in total. The molecule has 2 amide bonds. The van der Waals surface area contributed by atoms with Crippen molar-refractivity contribution in [2.45, 2.75) is 12.8 Å². The number of thioether (sulfide) groups is 1. The first kappa shape index (κ1) is 21.1.